The largest absolute Gasteiger partial charge is 0.484 e. The van der Waals surface area contributed by atoms with Crippen LogP contribution in [0, 0.1) is 0 Å². The van der Waals surface area contributed by atoms with E-state index in [0.29, 0.717) is 10.9 Å². The quantitative estimate of drug-likeness (QED) is 0.483. The van der Waals surface area contributed by atoms with Gasteiger partial charge in [-0.05, 0) is 68.2 Å². The number of carbonyl (C=O) groups is 1. The second-order valence-corrected chi connectivity index (χ2v) is 6.05. The van der Waals surface area contributed by atoms with Crippen molar-refractivity contribution in [2.24, 2.45) is 5.10 Å². The zero-order valence-corrected chi connectivity index (χ0v) is 15.0. The molecule has 0 spiro atoms. The van der Waals surface area contributed by atoms with Crippen LogP contribution in [-0.4, -0.2) is 48.4 Å². The van der Waals surface area contributed by atoms with Crippen LogP contribution in [0.15, 0.2) is 29.4 Å². The van der Waals surface area contributed by atoms with Gasteiger partial charge in [-0.1, -0.05) is 0 Å². The summed E-state index contributed by atoms with van der Waals surface area (Å²) in [7, 11) is 1.73. The predicted octanol–water partition coefficient (Wildman–Crippen LogP) is 1.90. The van der Waals surface area contributed by atoms with Crippen molar-refractivity contribution in [1.82, 2.24) is 15.6 Å². The maximum atomic E-state index is 12.1. The fourth-order valence-electron chi connectivity index (χ4n) is 2.43. The van der Waals surface area contributed by atoms with Crippen LogP contribution in [0.3, 0.4) is 0 Å². The number of nitrogens with zero attached hydrogens (tertiary/aromatic N) is 2. The van der Waals surface area contributed by atoms with Gasteiger partial charge in [0.25, 0.3) is 5.91 Å². The van der Waals surface area contributed by atoms with Crippen molar-refractivity contribution in [3.63, 3.8) is 0 Å². The maximum Gasteiger partial charge on any atom is 0.260 e. The molecule has 0 bridgehead atoms. The Balaban J connectivity index is 1.85. The number of amides is 1. The monoisotopic (exact) mass is 348 g/mol. The van der Waals surface area contributed by atoms with Crippen LogP contribution >= 0.6 is 12.2 Å². The average molecular weight is 348 g/mol. The van der Waals surface area contributed by atoms with Gasteiger partial charge in [-0.2, -0.15) is 5.10 Å². The molecule has 1 heterocycles. The molecule has 1 aliphatic rings. The van der Waals surface area contributed by atoms with Crippen LogP contribution in [0.2, 0.25) is 0 Å². The maximum absolute atomic E-state index is 12.1. The highest BCUT2D eigenvalue weighted by Gasteiger charge is 2.16. The summed E-state index contributed by atoms with van der Waals surface area (Å²) in [4.78, 5) is 14.0. The number of thiocarbonyl (C=S) groups is 1. The van der Waals surface area contributed by atoms with Crippen LogP contribution in [-0.2, 0) is 4.79 Å². The normalized spacial score (nSPS) is 14.9. The Hall–Kier alpha value is -2.15. The van der Waals surface area contributed by atoms with E-state index in [9.17, 15) is 4.79 Å². The summed E-state index contributed by atoms with van der Waals surface area (Å²) in [5.41, 5.74) is 4.51. The molecule has 0 radical (unpaired) electrons. The van der Waals surface area contributed by atoms with E-state index in [-0.39, 0.29) is 12.5 Å². The first kappa shape index (κ1) is 18.2. The number of ether oxygens (including phenoxy) is 1. The zero-order chi connectivity index (χ0) is 17.4. The second kappa shape index (κ2) is 9.22. The second-order valence-electron chi connectivity index (χ2n) is 5.64. The van der Waals surface area contributed by atoms with Crippen molar-refractivity contribution in [2.45, 2.75) is 26.2 Å². The van der Waals surface area contributed by atoms with Gasteiger partial charge in [0, 0.05) is 20.1 Å². The van der Waals surface area contributed by atoms with E-state index in [4.69, 9.17) is 17.0 Å². The SMILES string of the molecule is CNC(=S)N/N=C(/C)c1ccc(OCC(=O)N2CCCCC2)cc1. The minimum atomic E-state index is 0.0568. The van der Waals surface area contributed by atoms with Crippen LogP contribution < -0.4 is 15.5 Å². The molecule has 6 nitrogen and oxygen atoms in total. The van der Waals surface area contributed by atoms with Crippen LogP contribution in [0.5, 0.6) is 5.75 Å². The van der Waals surface area contributed by atoms with Gasteiger partial charge in [0.1, 0.15) is 5.75 Å². The molecule has 130 valence electrons. The molecule has 0 unspecified atom stereocenters. The van der Waals surface area contributed by atoms with Gasteiger partial charge in [-0.3, -0.25) is 10.2 Å². The van der Waals surface area contributed by atoms with Gasteiger partial charge in [0.15, 0.2) is 11.7 Å². The number of hydrogen-bond donors (Lipinski definition) is 2. The lowest BCUT2D eigenvalue weighted by molar-refractivity contribution is -0.134. The van der Waals surface area contributed by atoms with Crippen LogP contribution in [0.4, 0.5) is 0 Å². The third kappa shape index (κ3) is 5.49. The Bertz CT molecular complexity index is 595. The molecule has 24 heavy (non-hydrogen) atoms. The zero-order valence-electron chi connectivity index (χ0n) is 14.2. The Morgan fingerprint density at radius 2 is 1.92 bits per heavy atom. The van der Waals surface area contributed by atoms with E-state index in [0.717, 1.165) is 37.2 Å². The first-order chi connectivity index (χ1) is 11.6. The summed E-state index contributed by atoms with van der Waals surface area (Å²) < 4.78 is 5.59. The highest BCUT2D eigenvalue weighted by atomic mass is 32.1. The minimum Gasteiger partial charge on any atom is -0.484 e. The van der Waals surface area contributed by atoms with Crippen molar-refractivity contribution in [2.75, 3.05) is 26.7 Å². The molecule has 0 saturated carbocycles. The average Bonchev–Trinajstić information content (AvgIpc) is 2.64. The molecule has 0 aliphatic carbocycles. The molecule has 1 aliphatic heterocycles. The molecule has 1 amide bonds. The van der Waals surface area contributed by atoms with Crippen LogP contribution in [0.1, 0.15) is 31.7 Å². The molecule has 1 aromatic carbocycles. The molecule has 1 aromatic rings. The van der Waals surface area contributed by atoms with Gasteiger partial charge in [0.2, 0.25) is 0 Å². The van der Waals surface area contributed by atoms with E-state index in [1.165, 1.54) is 6.42 Å². The van der Waals surface area contributed by atoms with E-state index < -0.39 is 0 Å². The van der Waals surface area contributed by atoms with Crippen molar-refractivity contribution in [3.8, 4) is 5.75 Å². The number of piperidine rings is 1. The highest BCUT2D eigenvalue weighted by Crippen LogP contribution is 2.14. The molecular weight excluding hydrogens is 324 g/mol. The van der Waals surface area contributed by atoms with Gasteiger partial charge in [-0.15, -0.1) is 0 Å². The van der Waals surface area contributed by atoms with Crippen molar-refractivity contribution < 1.29 is 9.53 Å². The summed E-state index contributed by atoms with van der Waals surface area (Å²) in [6.07, 6.45) is 3.38. The predicted molar refractivity (Wildman–Crippen MR) is 99.4 cm³/mol. The van der Waals surface area contributed by atoms with Gasteiger partial charge in [0.05, 0.1) is 5.71 Å². The minimum absolute atomic E-state index is 0.0568. The summed E-state index contributed by atoms with van der Waals surface area (Å²) in [5.74, 6) is 0.733. The Labute approximate surface area is 148 Å². The number of nitrogens with one attached hydrogen (secondary N) is 2. The number of benzene rings is 1. The third-order valence-corrected chi connectivity index (χ3v) is 4.19. The molecule has 7 heteroatoms. The number of carbonyl (C=O) groups excluding carboxylic acids is 1. The van der Waals surface area contributed by atoms with Crippen molar-refractivity contribution in [1.29, 1.82) is 0 Å². The highest BCUT2D eigenvalue weighted by molar-refractivity contribution is 7.80. The summed E-state index contributed by atoms with van der Waals surface area (Å²) in [6, 6.07) is 7.50. The molecule has 2 rings (SSSR count). The number of hydrogen-bond acceptors (Lipinski definition) is 4. The summed E-state index contributed by atoms with van der Waals surface area (Å²) in [6.45, 7) is 3.67. The summed E-state index contributed by atoms with van der Waals surface area (Å²) >= 11 is 4.97. The Morgan fingerprint density at radius 1 is 1.25 bits per heavy atom. The molecule has 0 atom stereocenters. The Morgan fingerprint density at radius 3 is 2.54 bits per heavy atom. The topological polar surface area (TPSA) is 66.0 Å². The fourth-order valence-corrected chi connectivity index (χ4v) is 2.47. The third-order valence-electron chi connectivity index (χ3n) is 3.90. The van der Waals surface area contributed by atoms with E-state index >= 15 is 0 Å². The molecular formula is C17H24N4O2S. The van der Waals surface area contributed by atoms with E-state index in [1.807, 2.05) is 36.1 Å². The molecule has 1 fully saturated rings. The summed E-state index contributed by atoms with van der Waals surface area (Å²) in [5, 5.41) is 7.45. The number of hydrazone groups is 1. The van der Waals surface area contributed by atoms with Crippen molar-refractivity contribution >= 4 is 28.9 Å². The van der Waals surface area contributed by atoms with Gasteiger partial charge in [-0.25, -0.2) is 0 Å². The van der Waals surface area contributed by atoms with E-state index in [1.54, 1.807) is 7.05 Å². The molecule has 2 N–H and O–H groups in total. The fraction of sp³-hybridized carbons (Fsp3) is 0.471. The lowest BCUT2D eigenvalue weighted by atomic mass is 10.1. The van der Waals surface area contributed by atoms with Crippen molar-refractivity contribution in [3.05, 3.63) is 29.8 Å². The lowest BCUT2D eigenvalue weighted by Crippen LogP contribution is -2.38. The Kier molecular flexibility index (Phi) is 6.99. The standard InChI is InChI=1S/C17H24N4O2S/c1-13(19-20-17(24)18-2)14-6-8-15(9-7-14)23-12-16(22)21-10-4-3-5-11-21/h6-9H,3-5,10-12H2,1-2H3,(H2,18,20,24)/b19-13-. The van der Waals surface area contributed by atoms with Crippen LogP contribution in [0.25, 0.3) is 0 Å². The number of rotatable bonds is 5. The molecule has 0 aromatic heterocycles. The van der Waals surface area contributed by atoms with Gasteiger partial charge < -0.3 is 15.0 Å². The lowest BCUT2D eigenvalue weighted by Gasteiger charge is -2.26. The smallest absolute Gasteiger partial charge is 0.260 e. The first-order valence-electron chi connectivity index (χ1n) is 8.13. The number of likely N-dealkylation sites (tertiary alicyclic amines) is 1. The first-order valence-corrected chi connectivity index (χ1v) is 8.54. The van der Waals surface area contributed by atoms with Gasteiger partial charge >= 0.3 is 0 Å². The molecule has 1 saturated heterocycles. The van der Waals surface area contributed by atoms with E-state index in [2.05, 4.69) is 15.8 Å².